The first-order valence-electron chi connectivity index (χ1n) is 6.73. The molecule has 1 aromatic rings. The fraction of sp³-hybridized carbons (Fsp3) is 0.500. The van der Waals surface area contributed by atoms with E-state index in [1.54, 1.807) is 4.90 Å². The van der Waals surface area contributed by atoms with Crippen LogP contribution in [0.4, 0.5) is 18.9 Å². The molecule has 3 nitrogen and oxygen atoms in total. The highest BCUT2D eigenvalue weighted by molar-refractivity contribution is 6.33. The summed E-state index contributed by atoms with van der Waals surface area (Å²) in [5.74, 6) is -0.215. The van der Waals surface area contributed by atoms with Gasteiger partial charge in [-0.2, -0.15) is 13.2 Å². The van der Waals surface area contributed by atoms with Crippen LogP contribution in [-0.4, -0.2) is 29.9 Å². The fourth-order valence-corrected chi connectivity index (χ4v) is 2.47. The Bertz CT molecular complexity index is 529. The number of nitrogens with zero attached hydrogens (tertiary/aromatic N) is 1. The Morgan fingerprint density at radius 1 is 1.43 bits per heavy atom. The van der Waals surface area contributed by atoms with Crippen LogP contribution in [0, 0.1) is 0 Å². The lowest BCUT2D eigenvalue weighted by molar-refractivity contribution is -0.137. The number of carbonyl (C=O) groups is 1. The summed E-state index contributed by atoms with van der Waals surface area (Å²) in [7, 11) is 0. The van der Waals surface area contributed by atoms with Crippen molar-refractivity contribution in [3.63, 3.8) is 0 Å². The summed E-state index contributed by atoms with van der Waals surface area (Å²) in [6, 6.07) is 3.78. The number of halogens is 4. The molecule has 0 spiro atoms. The minimum absolute atomic E-state index is 0.0490. The number of benzene rings is 1. The second-order valence-electron chi connectivity index (χ2n) is 4.92. The van der Waals surface area contributed by atoms with Crippen molar-refractivity contribution in [2.75, 3.05) is 18.4 Å². The van der Waals surface area contributed by atoms with Gasteiger partial charge < -0.3 is 10.2 Å². The molecule has 116 valence electrons. The molecule has 1 aliphatic rings. The molecule has 0 aliphatic heterocycles. The number of amides is 1. The van der Waals surface area contributed by atoms with Crippen LogP contribution in [-0.2, 0) is 11.0 Å². The third kappa shape index (κ3) is 3.81. The first-order valence-corrected chi connectivity index (χ1v) is 7.11. The Morgan fingerprint density at radius 3 is 2.62 bits per heavy atom. The zero-order chi connectivity index (χ0) is 15.6. The van der Waals surface area contributed by atoms with Crippen molar-refractivity contribution in [1.29, 1.82) is 0 Å². The molecule has 1 amide bonds. The summed E-state index contributed by atoms with van der Waals surface area (Å²) in [4.78, 5) is 13.7. The van der Waals surface area contributed by atoms with Gasteiger partial charge in [0.25, 0.3) is 0 Å². The molecule has 0 radical (unpaired) electrons. The average molecular weight is 321 g/mol. The molecule has 1 saturated carbocycles. The Labute approximate surface area is 126 Å². The predicted molar refractivity (Wildman–Crippen MR) is 75.4 cm³/mol. The maximum Gasteiger partial charge on any atom is 0.418 e. The van der Waals surface area contributed by atoms with Crippen molar-refractivity contribution >= 4 is 23.2 Å². The molecule has 0 atom stereocenters. The van der Waals surface area contributed by atoms with Crippen LogP contribution in [0.3, 0.4) is 0 Å². The van der Waals surface area contributed by atoms with Gasteiger partial charge in [-0.1, -0.05) is 17.7 Å². The number of hydrogen-bond donors (Lipinski definition) is 1. The number of alkyl halides is 3. The zero-order valence-electron chi connectivity index (χ0n) is 11.5. The summed E-state index contributed by atoms with van der Waals surface area (Å²) < 4.78 is 38.8. The van der Waals surface area contributed by atoms with E-state index in [9.17, 15) is 18.0 Å². The van der Waals surface area contributed by atoms with E-state index in [1.807, 2.05) is 6.92 Å². The van der Waals surface area contributed by atoms with Gasteiger partial charge in [-0.3, -0.25) is 4.79 Å². The molecule has 0 heterocycles. The number of hydrogen-bond acceptors (Lipinski definition) is 2. The minimum Gasteiger partial charge on any atom is -0.374 e. The second-order valence-corrected chi connectivity index (χ2v) is 5.33. The summed E-state index contributed by atoms with van der Waals surface area (Å²) in [6.07, 6.45) is -2.60. The van der Waals surface area contributed by atoms with E-state index in [0.717, 1.165) is 18.9 Å². The molecule has 1 N–H and O–H groups in total. The van der Waals surface area contributed by atoms with Crippen LogP contribution in [0.2, 0.25) is 5.02 Å². The molecular weight excluding hydrogens is 305 g/mol. The molecular formula is C14H16ClF3N2O. The Balaban J connectivity index is 2.11. The normalized spacial score (nSPS) is 14.9. The molecule has 0 bridgehead atoms. The van der Waals surface area contributed by atoms with E-state index in [-0.39, 0.29) is 29.2 Å². The van der Waals surface area contributed by atoms with E-state index >= 15 is 0 Å². The number of rotatable bonds is 5. The predicted octanol–water partition coefficient (Wildman–Crippen LogP) is 3.78. The summed E-state index contributed by atoms with van der Waals surface area (Å²) in [5, 5.41) is 2.49. The summed E-state index contributed by atoms with van der Waals surface area (Å²) in [6.45, 7) is 2.21. The third-order valence-corrected chi connectivity index (χ3v) is 3.70. The van der Waals surface area contributed by atoms with Crippen LogP contribution < -0.4 is 5.32 Å². The van der Waals surface area contributed by atoms with E-state index in [0.29, 0.717) is 6.54 Å². The molecule has 0 aromatic heterocycles. The largest absolute Gasteiger partial charge is 0.418 e. The van der Waals surface area contributed by atoms with Crippen molar-refractivity contribution in [2.24, 2.45) is 0 Å². The first kappa shape index (κ1) is 15.9. The highest BCUT2D eigenvalue weighted by Gasteiger charge is 2.35. The molecule has 1 fully saturated rings. The van der Waals surface area contributed by atoms with Crippen molar-refractivity contribution < 1.29 is 18.0 Å². The molecule has 1 aliphatic carbocycles. The zero-order valence-corrected chi connectivity index (χ0v) is 12.3. The second kappa shape index (κ2) is 6.13. The third-order valence-electron chi connectivity index (χ3n) is 3.38. The lowest BCUT2D eigenvalue weighted by Crippen LogP contribution is -2.37. The molecule has 21 heavy (non-hydrogen) atoms. The maximum atomic E-state index is 12.9. The monoisotopic (exact) mass is 320 g/mol. The molecule has 1 aromatic carbocycles. The highest BCUT2D eigenvalue weighted by atomic mass is 35.5. The van der Waals surface area contributed by atoms with Crippen LogP contribution in [0.5, 0.6) is 0 Å². The Kier molecular flexibility index (Phi) is 4.66. The number of para-hydroxylation sites is 1. The minimum atomic E-state index is -4.52. The number of anilines is 1. The fourth-order valence-electron chi connectivity index (χ4n) is 2.23. The van der Waals surface area contributed by atoms with Gasteiger partial charge in [-0.25, -0.2) is 0 Å². The van der Waals surface area contributed by atoms with Crippen molar-refractivity contribution in [1.82, 2.24) is 4.90 Å². The van der Waals surface area contributed by atoms with Gasteiger partial charge in [-0.15, -0.1) is 0 Å². The van der Waals surface area contributed by atoms with Crippen molar-refractivity contribution in [3.8, 4) is 0 Å². The van der Waals surface area contributed by atoms with E-state index in [2.05, 4.69) is 5.32 Å². The number of likely N-dealkylation sites (N-methyl/N-ethyl adjacent to an activating group) is 1. The van der Waals surface area contributed by atoms with E-state index in [4.69, 9.17) is 11.6 Å². The van der Waals surface area contributed by atoms with Crippen molar-refractivity contribution in [2.45, 2.75) is 32.0 Å². The topological polar surface area (TPSA) is 32.3 Å². The smallest absolute Gasteiger partial charge is 0.374 e. The van der Waals surface area contributed by atoms with Crippen LogP contribution in [0.25, 0.3) is 0 Å². The van der Waals surface area contributed by atoms with Crippen LogP contribution >= 0.6 is 11.6 Å². The Morgan fingerprint density at radius 2 is 2.10 bits per heavy atom. The first-order chi connectivity index (χ1) is 9.84. The van der Waals surface area contributed by atoms with Gasteiger partial charge in [-0.05, 0) is 31.9 Å². The average Bonchev–Trinajstić information content (AvgIpc) is 3.21. The maximum absolute atomic E-state index is 12.9. The lowest BCUT2D eigenvalue weighted by atomic mass is 10.1. The summed E-state index contributed by atoms with van der Waals surface area (Å²) >= 11 is 5.82. The Hall–Kier alpha value is -1.43. The lowest BCUT2D eigenvalue weighted by Gasteiger charge is -2.22. The number of carbonyl (C=O) groups excluding carboxylic acids is 1. The molecule has 7 heteroatoms. The van der Waals surface area contributed by atoms with E-state index < -0.39 is 11.7 Å². The van der Waals surface area contributed by atoms with Crippen LogP contribution in [0.1, 0.15) is 25.3 Å². The van der Waals surface area contributed by atoms with Crippen LogP contribution in [0.15, 0.2) is 18.2 Å². The highest BCUT2D eigenvalue weighted by Crippen LogP contribution is 2.38. The number of nitrogens with one attached hydrogen (secondary N) is 1. The molecule has 0 saturated heterocycles. The quantitative estimate of drug-likeness (QED) is 0.895. The van der Waals surface area contributed by atoms with Gasteiger partial charge in [0, 0.05) is 12.6 Å². The van der Waals surface area contributed by atoms with E-state index in [1.165, 1.54) is 12.1 Å². The molecule has 2 rings (SSSR count). The summed E-state index contributed by atoms with van der Waals surface area (Å²) in [5.41, 5.74) is -1.11. The van der Waals surface area contributed by atoms with Crippen molar-refractivity contribution in [3.05, 3.63) is 28.8 Å². The van der Waals surface area contributed by atoms with Gasteiger partial charge in [0.1, 0.15) is 0 Å². The standard InChI is InChI=1S/C14H16ClF3N2O/c1-2-20(9-6-7-9)12(21)8-19-13-10(14(16,17)18)4-3-5-11(13)15/h3-5,9,19H,2,6-8H2,1H3. The SMILES string of the molecule is CCN(C(=O)CNc1c(Cl)cccc1C(F)(F)F)C1CC1. The van der Waals surface area contributed by atoms with Gasteiger partial charge in [0.15, 0.2) is 0 Å². The van der Waals surface area contributed by atoms with Gasteiger partial charge in [0.2, 0.25) is 5.91 Å². The van der Waals surface area contributed by atoms with Gasteiger partial charge in [0.05, 0.1) is 22.8 Å². The van der Waals surface area contributed by atoms with Gasteiger partial charge >= 0.3 is 6.18 Å². The molecule has 0 unspecified atom stereocenters.